The molecule has 0 spiro atoms. The third-order valence-electron chi connectivity index (χ3n) is 3.64. The molecule has 0 bridgehead atoms. The fraction of sp³-hybridized carbons (Fsp3) is 0.933. The van der Waals surface area contributed by atoms with Crippen molar-refractivity contribution >= 4 is 6.09 Å². The first-order valence-corrected chi connectivity index (χ1v) is 7.85. The van der Waals surface area contributed by atoms with E-state index in [2.05, 4.69) is 5.32 Å². The second-order valence-electron chi connectivity index (χ2n) is 6.70. The number of carbonyl (C=O) groups excluding carboxylic acids is 1. The molecule has 0 aliphatic carbocycles. The maximum absolute atomic E-state index is 12.2. The fourth-order valence-corrected chi connectivity index (χ4v) is 2.67. The summed E-state index contributed by atoms with van der Waals surface area (Å²) in [5.74, 6) is 0. The summed E-state index contributed by atoms with van der Waals surface area (Å²) in [4.78, 5) is 14.0. The normalized spacial score (nSPS) is 26.9. The summed E-state index contributed by atoms with van der Waals surface area (Å²) in [5.41, 5.74) is -0.440. The Hall–Kier alpha value is -0.850. The summed E-state index contributed by atoms with van der Waals surface area (Å²) in [6.45, 7) is 10.0. The van der Waals surface area contributed by atoms with Gasteiger partial charge in [0.25, 0.3) is 0 Å². The highest BCUT2D eigenvalue weighted by molar-refractivity contribution is 5.69. The molecular formula is C15H28N2O4. The summed E-state index contributed by atoms with van der Waals surface area (Å²) < 4.78 is 16.4. The Kier molecular flexibility index (Phi) is 5.84. The topological polar surface area (TPSA) is 60.0 Å². The van der Waals surface area contributed by atoms with Gasteiger partial charge in [0.2, 0.25) is 0 Å². The lowest BCUT2D eigenvalue weighted by molar-refractivity contribution is -0.0865. The molecule has 21 heavy (non-hydrogen) atoms. The van der Waals surface area contributed by atoms with Crippen LogP contribution >= 0.6 is 0 Å². The van der Waals surface area contributed by atoms with Gasteiger partial charge >= 0.3 is 6.09 Å². The molecule has 2 rings (SSSR count). The highest BCUT2D eigenvalue weighted by Gasteiger charge is 2.31. The molecule has 2 aliphatic heterocycles. The molecule has 122 valence electrons. The van der Waals surface area contributed by atoms with E-state index < -0.39 is 5.60 Å². The monoisotopic (exact) mass is 300 g/mol. The first kappa shape index (κ1) is 16.5. The zero-order chi connectivity index (χ0) is 15.3. The van der Waals surface area contributed by atoms with Gasteiger partial charge in [-0.05, 0) is 33.6 Å². The van der Waals surface area contributed by atoms with Crippen LogP contribution in [0.25, 0.3) is 0 Å². The maximum Gasteiger partial charge on any atom is 0.410 e. The molecular weight excluding hydrogens is 272 g/mol. The van der Waals surface area contributed by atoms with Crippen LogP contribution in [0.4, 0.5) is 4.79 Å². The summed E-state index contributed by atoms with van der Waals surface area (Å²) in [7, 11) is 0. The van der Waals surface area contributed by atoms with E-state index in [0.29, 0.717) is 19.8 Å². The number of likely N-dealkylation sites (tertiary alicyclic amines) is 1. The van der Waals surface area contributed by atoms with Gasteiger partial charge in [-0.1, -0.05) is 0 Å². The smallest absolute Gasteiger partial charge is 0.410 e. The average Bonchev–Trinajstić information content (AvgIpc) is 2.86. The number of nitrogens with zero attached hydrogens (tertiary/aromatic N) is 1. The molecule has 6 heteroatoms. The van der Waals surface area contributed by atoms with Crippen molar-refractivity contribution < 1.29 is 19.0 Å². The Balaban J connectivity index is 1.72. The van der Waals surface area contributed by atoms with Gasteiger partial charge in [0.05, 0.1) is 25.9 Å². The lowest BCUT2D eigenvalue weighted by Crippen LogP contribution is -2.46. The summed E-state index contributed by atoms with van der Waals surface area (Å²) in [6.07, 6.45) is 1.97. The predicted octanol–water partition coefficient (Wildman–Crippen LogP) is 1.39. The number of carbonyl (C=O) groups is 1. The van der Waals surface area contributed by atoms with E-state index in [-0.39, 0.29) is 18.2 Å². The lowest BCUT2D eigenvalue weighted by atomic mass is 10.2. The van der Waals surface area contributed by atoms with Crippen LogP contribution in [0, 0.1) is 0 Å². The number of nitrogens with one attached hydrogen (secondary N) is 1. The Labute approximate surface area is 127 Å². The maximum atomic E-state index is 12.2. The van der Waals surface area contributed by atoms with Crippen LogP contribution in [0.2, 0.25) is 0 Å². The van der Waals surface area contributed by atoms with Crippen molar-refractivity contribution in [3.8, 4) is 0 Å². The summed E-state index contributed by atoms with van der Waals surface area (Å²) >= 11 is 0. The van der Waals surface area contributed by atoms with Crippen molar-refractivity contribution in [2.24, 2.45) is 0 Å². The van der Waals surface area contributed by atoms with Crippen molar-refractivity contribution in [1.29, 1.82) is 0 Å². The third kappa shape index (κ3) is 5.45. The van der Waals surface area contributed by atoms with E-state index in [1.807, 2.05) is 25.7 Å². The van der Waals surface area contributed by atoms with Crippen molar-refractivity contribution in [2.45, 2.75) is 51.4 Å². The van der Waals surface area contributed by atoms with Crippen LogP contribution in [0.3, 0.4) is 0 Å². The molecule has 6 nitrogen and oxygen atoms in total. The Morgan fingerprint density at radius 3 is 2.81 bits per heavy atom. The molecule has 0 saturated carbocycles. The van der Waals surface area contributed by atoms with Gasteiger partial charge in [0.15, 0.2) is 0 Å². The molecule has 1 N–H and O–H groups in total. The van der Waals surface area contributed by atoms with Gasteiger partial charge in [0.1, 0.15) is 5.60 Å². The molecule has 2 atom stereocenters. The van der Waals surface area contributed by atoms with Gasteiger partial charge in [0, 0.05) is 25.7 Å². The first-order chi connectivity index (χ1) is 9.96. The minimum atomic E-state index is -0.440. The molecule has 2 heterocycles. The Morgan fingerprint density at radius 2 is 2.14 bits per heavy atom. The van der Waals surface area contributed by atoms with Crippen LogP contribution in [0.5, 0.6) is 0 Å². The largest absolute Gasteiger partial charge is 0.444 e. The SMILES string of the molecule is CC(C)(C)OC(=O)N1CCCC1CNCC1COCCO1. The number of hydrogen-bond acceptors (Lipinski definition) is 5. The minimum absolute atomic E-state index is 0.120. The third-order valence-corrected chi connectivity index (χ3v) is 3.64. The van der Waals surface area contributed by atoms with Crippen molar-refractivity contribution in [2.75, 3.05) is 39.5 Å². The van der Waals surface area contributed by atoms with E-state index in [4.69, 9.17) is 14.2 Å². The molecule has 0 aromatic heterocycles. The standard InChI is InChI=1S/C15H28N2O4/c1-15(2,3)21-14(18)17-6-4-5-12(17)9-16-10-13-11-19-7-8-20-13/h12-13,16H,4-11H2,1-3H3. The second kappa shape index (κ2) is 7.42. The van der Waals surface area contributed by atoms with Gasteiger partial charge < -0.3 is 24.4 Å². The lowest BCUT2D eigenvalue weighted by Gasteiger charge is -2.29. The van der Waals surface area contributed by atoms with Crippen LogP contribution in [0.1, 0.15) is 33.6 Å². The van der Waals surface area contributed by atoms with Crippen LogP contribution in [-0.4, -0.2) is 68.2 Å². The molecule has 2 unspecified atom stereocenters. The van der Waals surface area contributed by atoms with Crippen LogP contribution in [0.15, 0.2) is 0 Å². The Bertz CT molecular complexity index is 337. The van der Waals surface area contributed by atoms with Gasteiger partial charge in [-0.3, -0.25) is 0 Å². The zero-order valence-corrected chi connectivity index (χ0v) is 13.4. The number of ether oxygens (including phenoxy) is 3. The van der Waals surface area contributed by atoms with Crippen LogP contribution < -0.4 is 5.32 Å². The molecule has 2 fully saturated rings. The van der Waals surface area contributed by atoms with E-state index >= 15 is 0 Å². The van der Waals surface area contributed by atoms with E-state index in [9.17, 15) is 4.79 Å². The Morgan fingerprint density at radius 1 is 1.33 bits per heavy atom. The highest BCUT2D eigenvalue weighted by atomic mass is 16.6. The first-order valence-electron chi connectivity index (χ1n) is 7.85. The van der Waals surface area contributed by atoms with Crippen molar-refractivity contribution in [3.63, 3.8) is 0 Å². The van der Waals surface area contributed by atoms with Gasteiger partial charge in [-0.2, -0.15) is 0 Å². The predicted molar refractivity (Wildman–Crippen MR) is 79.4 cm³/mol. The van der Waals surface area contributed by atoms with Crippen molar-refractivity contribution in [3.05, 3.63) is 0 Å². The van der Waals surface area contributed by atoms with E-state index in [1.165, 1.54) is 0 Å². The summed E-state index contributed by atoms with van der Waals surface area (Å²) in [5, 5.41) is 3.39. The fourth-order valence-electron chi connectivity index (χ4n) is 2.67. The molecule has 0 aromatic carbocycles. The molecule has 0 aromatic rings. The van der Waals surface area contributed by atoms with Crippen LogP contribution in [-0.2, 0) is 14.2 Å². The minimum Gasteiger partial charge on any atom is -0.444 e. The second-order valence-corrected chi connectivity index (χ2v) is 6.70. The van der Waals surface area contributed by atoms with Gasteiger partial charge in [-0.15, -0.1) is 0 Å². The van der Waals surface area contributed by atoms with E-state index in [1.54, 1.807) is 0 Å². The van der Waals surface area contributed by atoms with E-state index in [0.717, 1.165) is 32.5 Å². The van der Waals surface area contributed by atoms with Gasteiger partial charge in [-0.25, -0.2) is 4.79 Å². The number of rotatable bonds is 4. The average molecular weight is 300 g/mol. The molecule has 2 aliphatic rings. The van der Waals surface area contributed by atoms with Crippen molar-refractivity contribution in [1.82, 2.24) is 10.2 Å². The summed E-state index contributed by atoms with van der Waals surface area (Å²) in [6, 6.07) is 0.212. The zero-order valence-electron chi connectivity index (χ0n) is 13.4. The highest BCUT2D eigenvalue weighted by Crippen LogP contribution is 2.20. The molecule has 0 radical (unpaired) electrons. The quantitative estimate of drug-likeness (QED) is 0.850. The number of hydrogen-bond donors (Lipinski definition) is 1. The molecule has 1 amide bonds. The number of amides is 1. The molecule has 2 saturated heterocycles.